The number of furan rings is 1. The van der Waals surface area contributed by atoms with Crippen molar-refractivity contribution in [1.29, 1.82) is 0 Å². The maximum atomic E-state index is 6.43. The normalized spacial score (nSPS) is 15.6. The van der Waals surface area contributed by atoms with Gasteiger partial charge in [0, 0.05) is 56.9 Å². The van der Waals surface area contributed by atoms with E-state index in [1.54, 1.807) is 0 Å². The number of benzene rings is 8. The highest BCUT2D eigenvalue weighted by molar-refractivity contribution is 7.00. The Labute approximate surface area is 428 Å². The first-order chi connectivity index (χ1) is 35.2. The van der Waals surface area contributed by atoms with E-state index < -0.39 is 0 Å². The Bertz CT molecular complexity index is 3750. The minimum Gasteiger partial charge on any atom is -0.486 e. The van der Waals surface area contributed by atoms with E-state index in [4.69, 9.17) is 23.4 Å². The van der Waals surface area contributed by atoms with E-state index in [0.29, 0.717) is 26.4 Å². The lowest BCUT2D eigenvalue weighted by Gasteiger charge is -2.45. The van der Waals surface area contributed by atoms with Gasteiger partial charge in [-0.1, -0.05) is 122 Å². The van der Waals surface area contributed by atoms with Gasteiger partial charge >= 0.3 is 0 Å². The smallest absolute Gasteiger partial charge is 0.252 e. The monoisotopic (exact) mass is 956 g/mol. The number of fused-ring (bicyclic) bond motifs is 10. The van der Waals surface area contributed by atoms with Gasteiger partial charge in [0.2, 0.25) is 0 Å². The topological polar surface area (TPSA) is 56.5 Å². The summed E-state index contributed by atoms with van der Waals surface area (Å²) in [4.78, 5) is 4.95. The first kappa shape index (κ1) is 43.9. The van der Waals surface area contributed by atoms with Crippen molar-refractivity contribution in [2.24, 2.45) is 0 Å². The first-order valence-corrected chi connectivity index (χ1v) is 25.8. The van der Waals surface area contributed by atoms with Crippen LogP contribution < -0.4 is 45.1 Å². The van der Waals surface area contributed by atoms with Gasteiger partial charge in [0.05, 0.1) is 5.69 Å². The molecule has 9 aromatic rings. The molecule has 1 aliphatic carbocycles. The van der Waals surface area contributed by atoms with Gasteiger partial charge in [-0.3, -0.25) is 0 Å². The average Bonchev–Trinajstić information content (AvgIpc) is 3.93. The summed E-state index contributed by atoms with van der Waals surface area (Å²) in [5, 5.41) is 1.11. The third-order valence-electron chi connectivity index (χ3n) is 16.1. The van der Waals surface area contributed by atoms with Crippen LogP contribution in [0.3, 0.4) is 0 Å². The summed E-state index contributed by atoms with van der Waals surface area (Å²) >= 11 is 0. The maximum Gasteiger partial charge on any atom is 0.252 e. The second kappa shape index (κ2) is 15.6. The zero-order valence-corrected chi connectivity index (χ0v) is 42.8. The van der Waals surface area contributed by atoms with Crippen LogP contribution in [0.4, 0.5) is 34.1 Å². The van der Waals surface area contributed by atoms with Crippen molar-refractivity contribution in [3.63, 3.8) is 0 Å². The van der Waals surface area contributed by atoms with Crippen molar-refractivity contribution in [3.05, 3.63) is 174 Å². The van der Waals surface area contributed by atoms with E-state index >= 15 is 0 Å². The van der Waals surface area contributed by atoms with Crippen molar-refractivity contribution >= 4 is 68.2 Å². The van der Waals surface area contributed by atoms with Crippen molar-refractivity contribution in [3.8, 4) is 56.6 Å². The van der Waals surface area contributed by atoms with E-state index in [-0.39, 0.29) is 23.0 Å². The Kier molecular flexibility index (Phi) is 9.38. The molecular formula is C65H57BN2O5. The van der Waals surface area contributed by atoms with Gasteiger partial charge in [-0.2, -0.15) is 0 Å². The third-order valence-corrected chi connectivity index (χ3v) is 16.1. The molecule has 0 N–H and O–H groups in total. The summed E-state index contributed by atoms with van der Waals surface area (Å²) < 4.78 is 31.7. The molecule has 8 aromatic carbocycles. The van der Waals surface area contributed by atoms with Gasteiger partial charge in [-0.05, 0) is 145 Å². The molecule has 360 valence electrons. The van der Waals surface area contributed by atoms with Crippen LogP contribution in [0.1, 0.15) is 77.6 Å². The molecule has 14 rings (SSSR count). The predicted molar refractivity (Wildman–Crippen MR) is 298 cm³/mol. The highest BCUT2D eigenvalue weighted by Crippen LogP contribution is 2.53. The minimum atomic E-state index is -0.280. The molecule has 0 atom stereocenters. The molecule has 0 saturated carbocycles. The van der Waals surface area contributed by atoms with Crippen molar-refractivity contribution in [2.75, 3.05) is 36.2 Å². The molecule has 0 unspecified atom stereocenters. The average molecular weight is 957 g/mol. The molecule has 5 aliphatic rings. The lowest BCUT2D eigenvalue weighted by molar-refractivity contribution is 0.171. The molecule has 7 nitrogen and oxygen atoms in total. The van der Waals surface area contributed by atoms with Crippen LogP contribution in [0.2, 0.25) is 0 Å². The fourth-order valence-corrected chi connectivity index (χ4v) is 12.2. The maximum absolute atomic E-state index is 6.43. The third kappa shape index (κ3) is 6.79. The molecule has 0 spiro atoms. The van der Waals surface area contributed by atoms with Gasteiger partial charge in [0.25, 0.3) is 6.71 Å². The van der Waals surface area contributed by atoms with Crippen LogP contribution in [-0.4, -0.2) is 33.1 Å². The Morgan fingerprint density at radius 1 is 0.452 bits per heavy atom. The van der Waals surface area contributed by atoms with Gasteiger partial charge < -0.3 is 33.2 Å². The lowest BCUT2D eigenvalue weighted by Crippen LogP contribution is -2.61. The van der Waals surface area contributed by atoms with Crippen molar-refractivity contribution in [2.45, 2.75) is 71.6 Å². The molecule has 4 aliphatic heterocycles. The highest BCUT2D eigenvalue weighted by Gasteiger charge is 2.46. The summed E-state index contributed by atoms with van der Waals surface area (Å²) in [6.07, 6.45) is 0. The lowest BCUT2D eigenvalue weighted by atomic mass is 9.33. The standard InChI is InChI=1S/C65H57BN2O5/c1-63(2,3)42-15-18-44(19-16-42)67-52-23-17-43(64(4,5)6)34-50(52)66-51-36-60-61(72-28-27-71-60)37-53(51)68(45-20-24-57-59(35-45)70-26-25-69-57)55-32-41(31-54(67)62(55)66)38-13-21-46-47-22-14-40(30-49(47)65(7,8)48(46)29-38)58-33-39-11-9-10-12-56(39)73-58/h9-24,29-37H,25-28H2,1-8H3. The van der Waals surface area contributed by atoms with E-state index in [2.05, 4.69) is 205 Å². The molecule has 1 aromatic heterocycles. The molecule has 0 bridgehead atoms. The largest absolute Gasteiger partial charge is 0.486 e. The molecule has 0 amide bonds. The minimum absolute atomic E-state index is 0.00111. The Morgan fingerprint density at radius 3 is 1.71 bits per heavy atom. The van der Waals surface area contributed by atoms with Crippen molar-refractivity contribution < 1.29 is 23.4 Å². The fourth-order valence-electron chi connectivity index (χ4n) is 12.2. The fraction of sp³-hybridized carbons (Fsp3) is 0.231. The summed E-state index contributed by atoms with van der Waals surface area (Å²) in [7, 11) is 0. The van der Waals surface area contributed by atoms with Crippen LogP contribution in [-0.2, 0) is 16.2 Å². The second-order valence-corrected chi connectivity index (χ2v) is 23.0. The molecule has 0 radical (unpaired) electrons. The summed E-state index contributed by atoms with van der Waals surface area (Å²) in [5.74, 6) is 3.89. The Morgan fingerprint density at radius 2 is 1.03 bits per heavy atom. The summed E-state index contributed by atoms with van der Waals surface area (Å²) in [6, 6.07) is 56.5. The van der Waals surface area contributed by atoms with E-state index in [1.165, 1.54) is 44.3 Å². The number of hydrogen-bond acceptors (Lipinski definition) is 7. The predicted octanol–water partition coefficient (Wildman–Crippen LogP) is 14.3. The van der Waals surface area contributed by atoms with Gasteiger partial charge in [0.1, 0.15) is 37.8 Å². The quantitative estimate of drug-likeness (QED) is 0.163. The Balaban J connectivity index is 1.01. The number of nitrogens with zero attached hydrogens (tertiary/aromatic N) is 2. The van der Waals surface area contributed by atoms with Gasteiger partial charge in [-0.15, -0.1) is 0 Å². The second-order valence-electron chi connectivity index (χ2n) is 23.0. The SMILES string of the molecule is CC(C)(C)c1ccc(N2c3ccc(C(C)(C)C)cc3B3c4cc5c(cc4N(c4ccc6c(c4)OCCO6)c4cc(-c6ccc7c(c6)C(C)(C)c6cc(-c8cc9ccccc9o8)ccc6-7)cc2c43)OCCO5)cc1. The number of ether oxygens (including phenoxy) is 4. The molecule has 0 fully saturated rings. The van der Waals surface area contributed by atoms with Gasteiger partial charge in [0.15, 0.2) is 23.0 Å². The van der Waals surface area contributed by atoms with Crippen molar-refractivity contribution in [1.82, 2.24) is 0 Å². The first-order valence-electron chi connectivity index (χ1n) is 25.8. The van der Waals surface area contributed by atoms with Crippen LogP contribution >= 0.6 is 0 Å². The zero-order chi connectivity index (χ0) is 49.7. The number of hydrogen-bond donors (Lipinski definition) is 0. The number of anilines is 6. The number of rotatable bonds is 4. The Hall–Kier alpha value is -7.84. The highest BCUT2D eigenvalue weighted by atomic mass is 16.6. The molecule has 8 heteroatoms. The summed E-state index contributed by atoms with van der Waals surface area (Å²) in [5.41, 5.74) is 21.8. The van der Waals surface area contributed by atoms with Crippen LogP contribution in [0, 0.1) is 0 Å². The van der Waals surface area contributed by atoms with E-state index in [0.717, 1.165) is 96.0 Å². The number of para-hydroxylation sites is 1. The molecule has 5 heterocycles. The molecule has 0 saturated heterocycles. The summed E-state index contributed by atoms with van der Waals surface area (Å²) in [6.45, 7) is 20.4. The zero-order valence-electron chi connectivity index (χ0n) is 42.8. The molecule has 73 heavy (non-hydrogen) atoms. The van der Waals surface area contributed by atoms with Crippen LogP contribution in [0.15, 0.2) is 156 Å². The van der Waals surface area contributed by atoms with Gasteiger partial charge in [-0.25, -0.2) is 0 Å². The van der Waals surface area contributed by atoms with Crippen LogP contribution in [0.25, 0.3) is 44.5 Å². The van der Waals surface area contributed by atoms with Crippen LogP contribution in [0.5, 0.6) is 23.0 Å². The van der Waals surface area contributed by atoms with E-state index in [1.807, 2.05) is 12.1 Å². The van der Waals surface area contributed by atoms with E-state index in [9.17, 15) is 0 Å². The molecular weight excluding hydrogens is 900 g/mol.